The molecule has 1 aromatic heterocycles. The van der Waals surface area contributed by atoms with Crippen LogP contribution in [0.1, 0.15) is 21.1 Å². The molecule has 0 aliphatic carbocycles. The van der Waals surface area contributed by atoms with E-state index in [1.165, 1.54) is 23.5 Å². The molecular weight excluding hydrogens is 515 g/mol. The van der Waals surface area contributed by atoms with Crippen LogP contribution < -0.4 is 29.6 Å². The van der Waals surface area contributed by atoms with E-state index in [9.17, 15) is 22.8 Å². The Bertz CT molecular complexity index is 1200. The number of methoxy groups -OCH3 is 2. The minimum atomic E-state index is -4.79. The number of hydrogen-bond acceptors (Lipinski definition) is 8. The largest absolute Gasteiger partial charge is 0.573 e. The first-order valence-electron chi connectivity index (χ1n) is 10.9. The van der Waals surface area contributed by atoms with Gasteiger partial charge in [0.25, 0.3) is 11.8 Å². The van der Waals surface area contributed by atoms with Gasteiger partial charge < -0.3 is 29.6 Å². The highest BCUT2D eigenvalue weighted by molar-refractivity contribution is 7.09. The van der Waals surface area contributed by atoms with Gasteiger partial charge in [-0.1, -0.05) is 0 Å². The first-order valence-corrected chi connectivity index (χ1v) is 11.7. The van der Waals surface area contributed by atoms with E-state index >= 15 is 0 Å². The summed E-state index contributed by atoms with van der Waals surface area (Å²) in [7, 11) is 3.14. The maximum absolute atomic E-state index is 12.4. The van der Waals surface area contributed by atoms with Crippen LogP contribution in [0.25, 0.3) is 0 Å². The van der Waals surface area contributed by atoms with Gasteiger partial charge in [0.1, 0.15) is 33.7 Å². The number of carbonyl (C=O) groups excluding carboxylic acids is 2. The normalized spacial score (nSPS) is 10.9. The second-order valence-electron chi connectivity index (χ2n) is 7.39. The van der Waals surface area contributed by atoms with Crippen molar-refractivity contribution in [1.29, 1.82) is 0 Å². The molecular formula is C24H24F3N3O6S. The number of nitrogens with one attached hydrogen (secondary N) is 2. The minimum Gasteiger partial charge on any atom is -0.497 e. The van der Waals surface area contributed by atoms with Crippen LogP contribution in [-0.4, -0.2) is 50.5 Å². The van der Waals surface area contributed by atoms with Crippen molar-refractivity contribution in [3.63, 3.8) is 0 Å². The molecule has 2 N–H and O–H groups in total. The number of alkyl halides is 3. The number of thiazole rings is 1. The van der Waals surface area contributed by atoms with E-state index < -0.39 is 18.0 Å². The number of hydrogen-bond donors (Lipinski definition) is 2. The summed E-state index contributed by atoms with van der Waals surface area (Å²) >= 11 is 1.21. The third kappa shape index (κ3) is 8.86. The van der Waals surface area contributed by atoms with Crippen molar-refractivity contribution in [2.75, 3.05) is 27.4 Å². The predicted octanol–water partition coefficient (Wildman–Crippen LogP) is 3.73. The molecule has 2 amide bonds. The van der Waals surface area contributed by atoms with Crippen LogP contribution in [0.15, 0.2) is 47.8 Å². The molecule has 3 rings (SSSR count). The number of benzene rings is 2. The van der Waals surface area contributed by atoms with Crippen LogP contribution in [0.2, 0.25) is 0 Å². The van der Waals surface area contributed by atoms with Crippen molar-refractivity contribution < 1.29 is 41.7 Å². The Balaban J connectivity index is 1.40. The molecule has 0 saturated heterocycles. The van der Waals surface area contributed by atoms with Gasteiger partial charge in [-0.2, -0.15) is 0 Å². The van der Waals surface area contributed by atoms with Gasteiger partial charge >= 0.3 is 6.36 Å². The molecule has 0 radical (unpaired) electrons. The molecule has 0 saturated carbocycles. The maximum atomic E-state index is 12.4. The lowest BCUT2D eigenvalue weighted by Gasteiger charge is -2.10. The van der Waals surface area contributed by atoms with Gasteiger partial charge in [0, 0.05) is 11.9 Å². The van der Waals surface area contributed by atoms with Crippen LogP contribution in [0.3, 0.4) is 0 Å². The topological polar surface area (TPSA) is 108 Å². The second kappa shape index (κ2) is 12.8. The molecule has 0 spiro atoms. The van der Waals surface area contributed by atoms with Gasteiger partial charge in [-0.25, -0.2) is 4.98 Å². The molecule has 0 atom stereocenters. The Kier molecular flexibility index (Phi) is 9.55. The second-order valence-corrected chi connectivity index (χ2v) is 8.34. The number of nitrogens with zero attached hydrogens (tertiary/aromatic N) is 1. The average molecular weight is 540 g/mol. The predicted molar refractivity (Wildman–Crippen MR) is 128 cm³/mol. The molecule has 0 bridgehead atoms. The zero-order valence-corrected chi connectivity index (χ0v) is 20.7. The van der Waals surface area contributed by atoms with Gasteiger partial charge in [-0.05, 0) is 54.4 Å². The monoisotopic (exact) mass is 539 g/mol. The van der Waals surface area contributed by atoms with E-state index in [0.29, 0.717) is 29.5 Å². The van der Waals surface area contributed by atoms with Gasteiger partial charge in [-0.3, -0.25) is 9.59 Å². The Morgan fingerprint density at radius 2 is 1.68 bits per heavy atom. The van der Waals surface area contributed by atoms with Crippen LogP contribution >= 0.6 is 11.3 Å². The van der Waals surface area contributed by atoms with Crippen LogP contribution in [0, 0.1) is 0 Å². The molecule has 0 unspecified atom stereocenters. The summed E-state index contributed by atoms with van der Waals surface area (Å²) in [5, 5.41) is 7.51. The molecule has 0 aliphatic heterocycles. The summed E-state index contributed by atoms with van der Waals surface area (Å²) in [6, 6.07) is 10.1. The fourth-order valence-electron chi connectivity index (χ4n) is 3.09. The summed E-state index contributed by atoms with van der Waals surface area (Å²) < 4.78 is 56.2. The quantitative estimate of drug-likeness (QED) is 0.361. The van der Waals surface area contributed by atoms with Crippen molar-refractivity contribution in [3.8, 4) is 23.0 Å². The van der Waals surface area contributed by atoms with Crippen LogP contribution in [0.5, 0.6) is 23.0 Å². The molecule has 198 valence electrons. The van der Waals surface area contributed by atoms with Gasteiger partial charge in [0.05, 0.1) is 20.8 Å². The molecule has 0 aliphatic rings. The minimum absolute atomic E-state index is 0.0828. The van der Waals surface area contributed by atoms with Crippen molar-refractivity contribution in [2.45, 2.75) is 19.3 Å². The number of amides is 2. The molecule has 13 heteroatoms. The Morgan fingerprint density at radius 1 is 0.973 bits per heavy atom. The molecule has 3 aromatic rings. The van der Waals surface area contributed by atoms with Crippen molar-refractivity contribution >= 4 is 23.2 Å². The zero-order valence-electron chi connectivity index (χ0n) is 19.9. The molecule has 2 aromatic carbocycles. The number of aromatic nitrogens is 1. The van der Waals surface area contributed by atoms with Crippen LogP contribution in [0.4, 0.5) is 13.2 Å². The number of ether oxygens (including phenoxy) is 4. The molecule has 1 heterocycles. The number of rotatable bonds is 12. The fraction of sp³-hybridized carbons (Fsp3) is 0.292. The number of halogens is 3. The Morgan fingerprint density at radius 3 is 2.35 bits per heavy atom. The highest BCUT2D eigenvalue weighted by atomic mass is 32.1. The van der Waals surface area contributed by atoms with Crippen molar-refractivity contribution in [3.05, 3.63) is 64.1 Å². The van der Waals surface area contributed by atoms with E-state index in [-0.39, 0.29) is 30.5 Å². The summed E-state index contributed by atoms with van der Waals surface area (Å²) in [5.74, 6) is 0.365. The maximum Gasteiger partial charge on any atom is 0.573 e. The Labute approximate surface area is 214 Å². The smallest absolute Gasteiger partial charge is 0.497 e. The first kappa shape index (κ1) is 27.6. The Hall–Kier alpha value is -4.00. The lowest BCUT2D eigenvalue weighted by atomic mass is 10.1. The van der Waals surface area contributed by atoms with E-state index in [1.54, 1.807) is 31.7 Å². The fourth-order valence-corrected chi connectivity index (χ4v) is 3.80. The summed E-state index contributed by atoms with van der Waals surface area (Å²) in [6.07, 6.45) is -4.26. The lowest BCUT2D eigenvalue weighted by molar-refractivity contribution is -0.274. The summed E-state index contributed by atoms with van der Waals surface area (Å²) in [4.78, 5) is 28.7. The van der Waals surface area contributed by atoms with Gasteiger partial charge in [-0.15, -0.1) is 24.5 Å². The average Bonchev–Trinajstić information content (AvgIpc) is 3.35. The zero-order chi connectivity index (χ0) is 26.8. The summed E-state index contributed by atoms with van der Waals surface area (Å²) in [6.45, 7) is 0.0814. The SMILES string of the molecule is COc1ccc(OC)c(CCNC(=O)c2csc(CNC(=O)COc3ccc(OC(F)(F)F)cc3)n2)c1. The number of carbonyl (C=O) groups is 2. The van der Waals surface area contributed by atoms with Crippen molar-refractivity contribution in [1.82, 2.24) is 15.6 Å². The third-order valence-corrected chi connectivity index (χ3v) is 5.66. The van der Waals surface area contributed by atoms with Crippen molar-refractivity contribution in [2.24, 2.45) is 0 Å². The molecule has 0 fully saturated rings. The van der Waals surface area contributed by atoms with Gasteiger partial charge in [0.15, 0.2) is 6.61 Å². The van der Waals surface area contributed by atoms with E-state index in [4.69, 9.17) is 14.2 Å². The van der Waals surface area contributed by atoms with Crippen LogP contribution in [-0.2, 0) is 17.8 Å². The molecule has 9 nitrogen and oxygen atoms in total. The lowest BCUT2D eigenvalue weighted by Crippen LogP contribution is -2.28. The third-order valence-electron chi connectivity index (χ3n) is 4.82. The summed E-state index contributed by atoms with van der Waals surface area (Å²) in [5.41, 5.74) is 1.11. The van der Waals surface area contributed by atoms with E-state index in [2.05, 4.69) is 20.4 Å². The first-order chi connectivity index (χ1) is 17.7. The van der Waals surface area contributed by atoms with E-state index in [0.717, 1.165) is 17.7 Å². The standard InChI is InChI=1S/C24H24F3N3O6S/c1-33-18-7-8-20(34-2)15(11-18)9-10-28-23(32)19-14-37-22(30-19)12-29-21(31)13-35-16-3-5-17(6-4-16)36-24(25,26)27/h3-8,11,14H,9-10,12-13H2,1-2H3,(H,28,32)(H,29,31). The highest BCUT2D eigenvalue weighted by Crippen LogP contribution is 2.25. The highest BCUT2D eigenvalue weighted by Gasteiger charge is 2.31. The van der Waals surface area contributed by atoms with E-state index in [1.807, 2.05) is 6.07 Å². The molecule has 37 heavy (non-hydrogen) atoms. The van der Waals surface area contributed by atoms with Gasteiger partial charge in [0.2, 0.25) is 0 Å².